The van der Waals surface area contributed by atoms with Crippen molar-refractivity contribution in [1.82, 2.24) is 19.4 Å². The first-order valence-electron chi connectivity index (χ1n) is 8.67. The van der Waals surface area contributed by atoms with Crippen LogP contribution >= 0.6 is 0 Å². The molecule has 4 heterocycles. The van der Waals surface area contributed by atoms with Gasteiger partial charge in [-0.05, 0) is 18.7 Å². The van der Waals surface area contributed by atoms with Gasteiger partial charge in [-0.15, -0.1) is 0 Å². The summed E-state index contributed by atoms with van der Waals surface area (Å²) in [6.45, 7) is 5.45. The van der Waals surface area contributed by atoms with Crippen molar-refractivity contribution in [3.63, 3.8) is 0 Å². The Morgan fingerprint density at radius 2 is 2.20 bits per heavy atom. The zero-order valence-electron chi connectivity index (χ0n) is 14.6. The van der Waals surface area contributed by atoms with Gasteiger partial charge in [-0.1, -0.05) is 6.92 Å². The number of nitrogens with one attached hydrogen (secondary N) is 1. The van der Waals surface area contributed by atoms with Gasteiger partial charge in [-0.3, -0.25) is 4.90 Å². The maximum absolute atomic E-state index is 6.11. The Morgan fingerprint density at radius 3 is 3.00 bits per heavy atom. The summed E-state index contributed by atoms with van der Waals surface area (Å²) in [6, 6.07) is 3.92. The van der Waals surface area contributed by atoms with Crippen molar-refractivity contribution in [2.24, 2.45) is 7.05 Å². The molecule has 1 saturated heterocycles. The van der Waals surface area contributed by atoms with Crippen LogP contribution in [0.1, 0.15) is 18.8 Å². The molecule has 1 N–H and O–H groups in total. The second-order valence-electron chi connectivity index (χ2n) is 6.25. The van der Waals surface area contributed by atoms with Crippen LogP contribution in [0.3, 0.4) is 0 Å². The van der Waals surface area contributed by atoms with Crippen molar-refractivity contribution < 1.29 is 9.15 Å². The number of aryl methyl sites for hydroxylation is 1. The van der Waals surface area contributed by atoms with E-state index in [1.165, 1.54) is 0 Å². The molecule has 0 radical (unpaired) electrons. The molecule has 0 amide bonds. The number of rotatable bonds is 5. The first-order valence-corrected chi connectivity index (χ1v) is 8.67. The molecule has 1 aliphatic rings. The molecule has 0 spiro atoms. The number of fused-ring (bicyclic) bond motifs is 1. The number of imidazole rings is 1. The monoisotopic (exact) mass is 341 g/mol. The molecule has 7 nitrogen and oxygen atoms in total. The minimum atomic E-state index is -0.00115. The normalized spacial score (nSPS) is 21.7. The van der Waals surface area contributed by atoms with Gasteiger partial charge in [-0.2, -0.15) is 0 Å². The van der Waals surface area contributed by atoms with Gasteiger partial charge in [0.25, 0.3) is 0 Å². The molecule has 1 aliphatic heterocycles. The lowest BCUT2D eigenvalue weighted by Gasteiger charge is -2.40. The number of likely N-dealkylation sites (N-methyl/N-ethyl adjacent to an activating group) is 1. The summed E-state index contributed by atoms with van der Waals surface area (Å²) in [7, 11) is 2.03. The van der Waals surface area contributed by atoms with E-state index in [-0.39, 0.29) is 12.1 Å². The van der Waals surface area contributed by atoms with Crippen LogP contribution in [0.15, 0.2) is 41.4 Å². The maximum atomic E-state index is 6.11. The second kappa shape index (κ2) is 6.85. The zero-order chi connectivity index (χ0) is 17.2. The fourth-order valence-corrected chi connectivity index (χ4v) is 3.54. The van der Waals surface area contributed by atoms with Gasteiger partial charge >= 0.3 is 0 Å². The van der Waals surface area contributed by atoms with Crippen LogP contribution in [0.2, 0.25) is 0 Å². The Hall–Kier alpha value is -2.38. The largest absolute Gasteiger partial charge is 0.464 e. The average molecular weight is 341 g/mol. The topological polar surface area (TPSA) is 68.3 Å². The van der Waals surface area contributed by atoms with Gasteiger partial charge in [-0.25, -0.2) is 9.97 Å². The molecule has 132 valence electrons. The van der Waals surface area contributed by atoms with Crippen molar-refractivity contribution in [3.05, 3.63) is 42.8 Å². The van der Waals surface area contributed by atoms with E-state index < -0.39 is 0 Å². The van der Waals surface area contributed by atoms with Crippen molar-refractivity contribution in [2.45, 2.75) is 19.1 Å². The van der Waals surface area contributed by atoms with Crippen LogP contribution in [-0.2, 0) is 11.8 Å². The highest BCUT2D eigenvalue weighted by molar-refractivity contribution is 5.87. The maximum Gasteiger partial charge on any atom is 0.139 e. The molecular weight excluding hydrogens is 318 g/mol. The van der Waals surface area contributed by atoms with Gasteiger partial charge in [0.2, 0.25) is 0 Å². The standard InChI is InChI=1S/C18H23N5O2/c1-3-23-9-11-25-15(16(23)18-20-7-8-22(18)2)12-21-17-13-5-10-24-14(13)4-6-19-17/h4-8,10,15-16H,3,9,11-12H2,1-2H3,(H,19,21)/t15-,16+/m0/s1. The number of morpholine rings is 1. The molecular formula is C18H23N5O2. The highest BCUT2D eigenvalue weighted by atomic mass is 16.5. The van der Waals surface area contributed by atoms with Crippen LogP contribution in [0.25, 0.3) is 11.0 Å². The van der Waals surface area contributed by atoms with Crippen molar-refractivity contribution >= 4 is 16.8 Å². The van der Waals surface area contributed by atoms with E-state index in [4.69, 9.17) is 9.15 Å². The predicted octanol–water partition coefficient (Wildman–Crippen LogP) is 2.44. The summed E-state index contributed by atoms with van der Waals surface area (Å²) >= 11 is 0. The van der Waals surface area contributed by atoms with E-state index in [1.54, 1.807) is 12.5 Å². The number of anilines is 1. The molecule has 0 saturated carbocycles. The lowest BCUT2D eigenvalue weighted by molar-refractivity contribution is -0.0675. The third kappa shape index (κ3) is 3.01. The number of aromatic nitrogens is 3. The Kier molecular flexibility index (Phi) is 4.42. The van der Waals surface area contributed by atoms with Crippen molar-refractivity contribution in [1.29, 1.82) is 0 Å². The molecule has 3 aromatic heterocycles. The van der Waals surface area contributed by atoms with E-state index in [2.05, 4.69) is 31.7 Å². The fraction of sp³-hybridized carbons (Fsp3) is 0.444. The third-order valence-corrected chi connectivity index (χ3v) is 4.84. The molecule has 0 unspecified atom stereocenters. The summed E-state index contributed by atoms with van der Waals surface area (Å²) < 4.78 is 13.6. The third-order valence-electron chi connectivity index (χ3n) is 4.84. The number of hydrogen-bond acceptors (Lipinski definition) is 6. The number of ether oxygens (including phenoxy) is 1. The molecule has 25 heavy (non-hydrogen) atoms. The first-order chi connectivity index (χ1) is 12.3. The molecule has 4 rings (SSSR count). The highest BCUT2D eigenvalue weighted by Gasteiger charge is 2.35. The van der Waals surface area contributed by atoms with Gasteiger partial charge in [0.15, 0.2) is 0 Å². The number of hydrogen-bond donors (Lipinski definition) is 1. The predicted molar refractivity (Wildman–Crippen MR) is 95.4 cm³/mol. The van der Waals surface area contributed by atoms with Gasteiger partial charge in [0, 0.05) is 38.7 Å². The Labute approximate surface area is 146 Å². The second-order valence-corrected chi connectivity index (χ2v) is 6.25. The van der Waals surface area contributed by atoms with E-state index in [1.807, 2.05) is 31.6 Å². The van der Waals surface area contributed by atoms with Crippen LogP contribution < -0.4 is 5.32 Å². The molecule has 1 fully saturated rings. The molecule has 0 aromatic carbocycles. The van der Waals surface area contributed by atoms with Crippen LogP contribution in [-0.4, -0.2) is 51.8 Å². The van der Waals surface area contributed by atoms with Crippen molar-refractivity contribution in [3.8, 4) is 0 Å². The van der Waals surface area contributed by atoms with E-state index >= 15 is 0 Å². The molecule has 7 heteroatoms. The lowest BCUT2D eigenvalue weighted by atomic mass is 10.1. The SMILES string of the molecule is CCN1CCO[C@@H](CNc2nccc3occc23)[C@@H]1c1nccn1C. The number of nitrogens with zero attached hydrogens (tertiary/aromatic N) is 4. The zero-order valence-corrected chi connectivity index (χ0v) is 14.6. The quantitative estimate of drug-likeness (QED) is 0.769. The summed E-state index contributed by atoms with van der Waals surface area (Å²) in [6.07, 6.45) is 7.26. The van der Waals surface area contributed by atoms with E-state index in [9.17, 15) is 0 Å². The average Bonchev–Trinajstić information content (AvgIpc) is 3.28. The fourth-order valence-electron chi connectivity index (χ4n) is 3.54. The Balaban J connectivity index is 1.57. The minimum Gasteiger partial charge on any atom is -0.464 e. The van der Waals surface area contributed by atoms with Crippen LogP contribution in [0.4, 0.5) is 5.82 Å². The van der Waals surface area contributed by atoms with Crippen LogP contribution in [0.5, 0.6) is 0 Å². The summed E-state index contributed by atoms with van der Waals surface area (Å²) in [5.74, 6) is 1.85. The van der Waals surface area contributed by atoms with E-state index in [0.29, 0.717) is 6.54 Å². The smallest absolute Gasteiger partial charge is 0.139 e. The highest BCUT2D eigenvalue weighted by Crippen LogP contribution is 2.29. The molecule has 0 aliphatic carbocycles. The number of pyridine rings is 1. The molecule has 0 bridgehead atoms. The Morgan fingerprint density at radius 1 is 1.28 bits per heavy atom. The Bertz CT molecular complexity index is 843. The summed E-state index contributed by atoms with van der Waals surface area (Å²) in [5, 5.41) is 4.43. The summed E-state index contributed by atoms with van der Waals surface area (Å²) in [5.41, 5.74) is 0.831. The van der Waals surface area contributed by atoms with Gasteiger partial charge in [0.05, 0.1) is 30.4 Å². The van der Waals surface area contributed by atoms with Gasteiger partial charge < -0.3 is 19.0 Å². The number of furan rings is 1. The van der Waals surface area contributed by atoms with Crippen molar-refractivity contribution in [2.75, 3.05) is 31.6 Å². The van der Waals surface area contributed by atoms with E-state index in [0.717, 1.165) is 42.3 Å². The molecule has 2 atom stereocenters. The van der Waals surface area contributed by atoms with Crippen LogP contribution in [0, 0.1) is 0 Å². The minimum absolute atomic E-state index is 0.00115. The molecule has 3 aromatic rings. The lowest BCUT2D eigenvalue weighted by Crippen LogP contribution is -2.48. The summed E-state index contributed by atoms with van der Waals surface area (Å²) in [4.78, 5) is 11.4. The first kappa shape index (κ1) is 16.1. The van der Waals surface area contributed by atoms with Gasteiger partial charge in [0.1, 0.15) is 17.2 Å².